The van der Waals surface area contributed by atoms with Crippen LogP contribution in [-0.4, -0.2) is 5.97 Å². The molecule has 0 aliphatic rings. The van der Waals surface area contributed by atoms with Crippen molar-refractivity contribution in [1.82, 2.24) is 0 Å². The Morgan fingerprint density at radius 2 is 1.45 bits per heavy atom. The molecule has 0 aromatic heterocycles. The lowest BCUT2D eigenvalue weighted by atomic mass is 9.91. The standard InChI is InChI=1S/C20H16O2/c1-12(22-13(2)21)17-10-8-16-7-6-14-4-3-5-15-9-11-18(17)20(16)19(14)15/h3-12H,1-2H3. The van der Waals surface area contributed by atoms with E-state index in [-0.39, 0.29) is 12.1 Å². The molecular weight excluding hydrogens is 272 g/mol. The highest BCUT2D eigenvalue weighted by atomic mass is 16.5. The zero-order valence-electron chi connectivity index (χ0n) is 12.6. The first-order valence-corrected chi connectivity index (χ1v) is 7.49. The number of carbonyl (C=O) groups is 1. The van der Waals surface area contributed by atoms with Crippen molar-refractivity contribution in [3.8, 4) is 0 Å². The van der Waals surface area contributed by atoms with Crippen LogP contribution in [0.4, 0.5) is 0 Å². The third kappa shape index (κ3) is 1.84. The first-order chi connectivity index (χ1) is 10.6. The highest BCUT2D eigenvalue weighted by molar-refractivity contribution is 6.23. The quantitative estimate of drug-likeness (QED) is 0.374. The summed E-state index contributed by atoms with van der Waals surface area (Å²) in [6, 6.07) is 19.2. The summed E-state index contributed by atoms with van der Waals surface area (Å²) in [5.74, 6) is -0.252. The van der Waals surface area contributed by atoms with E-state index in [1.165, 1.54) is 33.9 Å². The molecule has 2 heteroatoms. The number of hydrogen-bond acceptors (Lipinski definition) is 2. The summed E-state index contributed by atoms with van der Waals surface area (Å²) in [5, 5.41) is 7.41. The van der Waals surface area contributed by atoms with Crippen molar-refractivity contribution < 1.29 is 9.53 Å². The van der Waals surface area contributed by atoms with Gasteiger partial charge >= 0.3 is 5.97 Å². The summed E-state index contributed by atoms with van der Waals surface area (Å²) in [4.78, 5) is 11.3. The largest absolute Gasteiger partial charge is 0.458 e. The van der Waals surface area contributed by atoms with E-state index in [0.29, 0.717) is 0 Å². The molecule has 4 aromatic rings. The van der Waals surface area contributed by atoms with Crippen LogP contribution in [0, 0.1) is 0 Å². The van der Waals surface area contributed by atoms with Crippen molar-refractivity contribution in [3.05, 3.63) is 60.2 Å². The maximum Gasteiger partial charge on any atom is 0.303 e. The second-order valence-corrected chi connectivity index (χ2v) is 5.76. The number of esters is 1. The minimum absolute atomic E-state index is 0.248. The topological polar surface area (TPSA) is 26.3 Å². The molecule has 0 N–H and O–H groups in total. The van der Waals surface area contributed by atoms with Gasteiger partial charge in [-0.15, -0.1) is 0 Å². The van der Waals surface area contributed by atoms with Crippen molar-refractivity contribution in [2.45, 2.75) is 20.0 Å². The van der Waals surface area contributed by atoms with Crippen LogP contribution in [0.2, 0.25) is 0 Å². The molecule has 0 radical (unpaired) electrons. The number of ether oxygens (including phenoxy) is 1. The second kappa shape index (κ2) is 4.70. The number of hydrogen-bond donors (Lipinski definition) is 0. The van der Waals surface area contributed by atoms with Crippen molar-refractivity contribution in [2.75, 3.05) is 0 Å². The lowest BCUT2D eigenvalue weighted by Gasteiger charge is -2.18. The van der Waals surface area contributed by atoms with Gasteiger partial charge in [0.05, 0.1) is 0 Å². The van der Waals surface area contributed by atoms with Gasteiger partial charge in [0, 0.05) is 12.5 Å². The Balaban J connectivity index is 2.10. The van der Waals surface area contributed by atoms with E-state index in [1.54, 1.807) is 0 Å². The molecule has 4 aromatic carbocycles. The number of carbonyl (C=O) groups excluding carboxylic acids is 1. The van der Waals surface area contributed by atoms with Gasteiger partial charge in [-0.05, 0) is 39.2 Å². The van der Waals surface area contributed by atoms with E-state index in [4.69, 9.17) is 4.74 Å². The molecule has 0 amide bonds. The summed E-state index contributed by atoms with van der Waals surface area (Å²) < 4.78 is 5.39. The lowest BCUT2D eigenvalue weighted by Crippen LogP contribution is -2.05. The highest BCUT2D eigenvalue weighted by Gasteiger charge is 2.15. The van der Waals surface area contributed by atoms with Crippen molar-refractivity contribution >= 4 is 38.3 Å². The fourth-order valence-electron chi connectivity index (χ4n) is 3.42. The third-order valence-electron chi connectivity index (χ3n) is 4.34. The van der Waals surface area contributed by atoms with Gasteiger partial charge in [-0.1, -0.05) is 54.6 Å². The van der Waals surface area contributed by atoms with Crippen molar-refractivity contribution in [1.29, 1.82) is 0 Å². The first kappa shape index (κ1) is 13.1. The maximum atomic E-state index is 11.3. The van der Waals surface area contributed by atoms with E-state index in [1.807, 2.05) is 6.92 Å². The van der Waals surface area contributed by atoms with Crippen LogP contribution >= 0.6 is 0 Å². The molecule has 1 atom stereocenters. The van der Waals surface area contributed by atoms with E-state index in [9.17, 15) is 4.79 Å². The van der Waals surface area contributed by atoms with Gasteiger partial charge in [-0.3, -0.25) is 4.79 Å². The third-order valence-corrected chi connectivity index (χ3v) is 4.34. The molecule has 1 unspecified atom stereocenters. The number of rotatable bonds is 2. The molecule has 0 heterocycles. The van der Waals surface area contributed by atoms with E-state index < -0.39 is 0 Å². The van der Waals surface area contributed by atoms with Crippen LogP contribution in [-0.2, 0) is 9.53 Å². The smallest absolute Gasteiger partial charge is 0.303 e. The zero-order chi connectivity index (χ0) is 15.3. The lowest BCUT2D eigenvalue weighted by molar-refractivity contribution is -0.145. The van der Waals surface area contributed by atoms with Crippen LogP contribution in [0.25, 0.3) is 32.3 Å². The molecule has 108 valence electrons. The molecule has 2 nitrogen and oxygen atoms in total. The van der Waals surface area contributed by atoms with Crippen LogP contribution in [0.15, 0.2) is 54.6 Å². The van der Waals surface area contributed by atoms with E-state index in [0.717, 1.165) is 10.9 Å². The minimum Gasteiger partial charge on any atom is -0.458 e. The monoisotopic (exact) mass is 288 g/mol. The van der Waals surface area contributed by atoms with Crippen LogP contribution < -0.4 is 0 Å². The predicted octanol–water partition coefficient (Wildman–Crippen LogP) is 5.21. The van der Waals surface area contributed by atoms with Crippen molar-refractivity contribution in [3.63, 3.8) is 0 Å². The zero-order valence-corrected chi connectivity index (χ0v) is 12.6. The van der Waals surface area contributed by atoms with E-state index in [2.05, 4.69) is 54.6 Å². The summed E-state index contributed by atoms with van der Waals surface area (Å²) in [7, 11) is 0. The van der Waals surface area contributed by atoms with Crippen LogP contribution in [0.3, 0.4) is 0 Å². The first-order valence-electron chi connectivity index (χ1n) is 7.49. The summed E-state index contributed by atoms with van der Waals surface area (Å²) in [6.45, 7) is 3.37. The van der Waals surface area contributed by atoms with Gasteiger partial charge in [-0.25, -0.2) is 0 Å². The molecule has 0 spiro atoms. The summed E-state index contributed by atoms with van der Waals surface area (Å²) in [6.07, 6.45) is -0.248. The molecule has 22 heavy (non-hydrogen) atoms. The highest BCUT2D eigenvalue weighted by Crippen LogP contribution is 2.37. The van der Waals surface area contributed by atoms with Gasteiger partial charge in [0.2, 0.25) is 0 Å². The molecule has 0 fully saturated rings. The summed E-state index contributed by atoms with van der Waals surface area (Å²) >= 11 is 0. The Hall–Kier alpha value is -2.61. The van der Waals surface area contributed by atoms with Crippen LogP contribution in [0.1, 0.15) is 25.5 Å². The summed E-state index contributed by atoms with van der Waals surface area (Å²) in [5.41, 5.74) is 1.06. The Kier molecular flexibility index (Phi) is 2.80. The molecule has 4 rings (SSSR count). The van der Waals surface area contributed by atoms with Gasteiger partial charge in [0.15, 0.2) is 0 Å². The van der Waals surface area contributed by atoms with Crippen LogP contribution in [0.5, 0.6) is 0 Å². The van der Waals surface area contributed by atoms with Gasteiger partial charge in [0.1, 0.15) is 6.10 Å². The fourth-order valence-corrected chi connectivity index (χ4v) is 3.42. The molecule has 0 bridgehead atoms. The molecule has 0 saturated heterocycles. The van der Waals surface area contributed by atoms with Gasteiger partial charge in [0.25, 0.3) is 0 Å². The average Bonchev–Trinajstić information content (AvgIpc) is 2.51. The van der Waals surface area contributed by atoms with Gasteiger partial charge in [-0.2, -0.15) is 0 Å². The Morgan fingerprint density at radius 1 is 0.864 bits per heavy atom. The van der Waals surface area contributed by atoms with E-state index >= 15 is 0 Å². The maximum absolute atomic E-state index is 11.3. The average molecular weight is 288 g/mol. The van der Waals surface area contributed by atoms with Crippen molar-refractivity contribution in [2.24, 2.45) is 0 Å². The normalized spacial score (nSPS) is 13.0. The molecule has 0 aliphatic heterocycles. The second-order valence-electron chi connectivity index (χ2n) is 5.76. The Morgan fingerprint density at radius 3 is 2.14 bits per heavy atom. The van der Waals surface area contributed by atoms with Gasteiger partial charge < -0.3 is 4.74 Å². The predicted molar refractivity (Wildman–Crippen MR) is 90.3 cm³/mol. The molecular formula is C20H16O2. The SMILES string of the molecule is CC(=O)OC(C)c1ccc2ccc3cccc4ccc1c2c34. The Bertz CT molecular complexity index is 985. The molecule has 0 aliphatic carbocycles. The molecule has 0 saturated carbocycles. The Labute approximate surface area is 128 Å². The number of benzene rings is 4. The minimum atomic E-state index is -0.252. The fraction of sp³-hybridized carbons (Fsp3) is 0.150.